The van der Waals surface area contributed by atoms with Crippen molar-refractivity contribution in [2.24, 2.45) is 0 Å². The van der Waals surface area contributed by atoms with Gasteiger partial charge in [0, 0.05) is 41.2 Å². The molecule has 0 saturated carbocycles. The Morgan fingerprint density at radius 1 is 1.12 bits per heavy atom. The number of nitrogens with zero attached hydrogens (tertiary/aromatic N) is 3. The molecule has 40 heavy (non-hydrogen) atoms. The van der Waals surface area contributed by atoms with E-state index in [0.29, 0.717) is 41.1 Å². The second-order valence-corrected chi connectivity index (χ2v) is 10.2. The minimum atomic E-state index is -0.365. The summed E-state index contributed by atoms with van der Waals surface area (Å²) in [4.78, 5) is 33.2. The molecular formula is C31H31ClN4O4. The molecule has 206 valence electrons. The van der Waals surface area contributed by atoms with E-state index in [0.717, 1.165) is 29.7 Å². The van der Waals surface area contributed by atoms with Crippen LogP contribution in [0.4, 0.5) is 5.95 Å². The van der Waals surface area contributed by atoms with Gasteiger partial charge in [-0.2, -0.15) is 0 Å². The number of benzene rings is 3. The first-order chi connectivity index (χ1) is 19.4. The van der Waals surface area contributed by atoms with Crippen molar-refractivity contribution in [3.05, 3.63) is 95.1 Å². The Hall–Kier alpha value is -4.14. The van der Waals surface area contributed by atoms with Gasteiger partial charge in [-0.05, 0) is 62.2 Å². The number of methoxy groups -OCH3 is 1. The number of anilines is 1. The quantitative estimate of drug-likeness (QED) is 0.282. The van der Waals surface area contributed by atoms with Crippen molar-refractivity contribution in [2.45, 2.75) is 25.9 Å². The molecule has 1 aliphatic heterocycles. The van der Waals surface area contributed by atoms with E-state index in [4.69, 9.17) is 26.1 Å². The molecule has 0 unspecified atom stereocenters. The van der Waals surface area contributed by atoms with Crippen molar-refractivity contribution >= 4 is 29.4 Å². The molecule has 1 aromatic heterocycles. The van der Waals surface area contributed by atoms with E-state index >= 15 is 0 Å². The smallest absolute Gasteiger partial charge is 0.254 e. The highest BCUT2D eigenvalue weighted by Crippen LogP contribution is 2.26. The zero-order valence-corrected chi connectivity index (χ0v) is 23.2. The third-order valence-electron chi connectivity index (χ3n) is 6.80. The maximum atomic E-state index is 13.5. The van der Waals surface area contributed by atoms with Crippen molar-refractivity contribution in [1.29, 1.82) is 0 Å². The number of hydrogen-bond donors (Lipinski definition) is 1. The van der Waals surface area contributed by atoms with Crippen molar-refractivity contribution in [3.8, 4) is 22.7 Å². The summed E-state index contributed by atoms with van der Waals surface area (Å²) in [6.07, 6.45) is 3.52. The SMILES string of the molecule is COc1cccc(C(=O)N(CC(=O)Nc2nc(-c3ccc(Cl)cc3)cn2-c2ccc(C)cc2)C[C@@H]2CCCO2)c1. The van der Waals surface area contributed by atoms with Crippen LogP contribution in [0.3, 0.4) is 0 Å². The van der Waals surface area contributed by atoms with Crippen LogP contribution in [0, 0.1) is 6.92 Å². The average molecular weight is 559 g/mol. The first-order valence-electron chi connectivity index (χ1n) is 13.2. The van der Waals surface area contributed by atoms with Gasteiger partial charge >= 0.3 is 0 Å². The van der Waals surface area contributed by atoms with E-state index in [-0.39, 0.29) is 24.5 Å². The summed E-state index contributed by atoms with van der Waals surface area (Å²) in [5.41, 5.74) is 3.94. The summed E-state index contributed by atoms with van der Waals surface area (Å²) in [7, 11) is 1.55. The van der Waals surface area contributed by atoms with Gasteiger partial charge in [-0.15, -0.1) is 0 Å². The highest BCUT2D eigenvalue weighted by atomic mass is 35.5. The Bertz CT molecular complexity index is 1480. The van der Waals surface area contributed by atoms with Gasteiger partial charge in [0.2, 0.25) is 11.9 Å². The normalized spacial score (nSPS) is 14.6. The lowest BCUT2D eigenvalue weighted by Crippen LogP contribution is -2.42. The Labute approximate surface area is 238 Å². The molecule has 3 aromatic carbocycles. The Kier molecular flexibility index (Phi) is 8.48. The predicted molar refractivity (Wildman–Crippen MR) is 155 cm³/mol. The van der Waals surface area contributed by atoms with Crippen molar-refractivity contribution in [3.63, 3.8) is 0 Å². The summed E-state index contributed by atoms with van der Waals surface area (Å²) >= 11 is 6.08. The summed E-state index contributed by atoms with van der Waals surface area (Å²) in [6.45, 7) is 2.82. The van der Waals surface area contributed by atoms with Crippen LogP contribution in [-0.4, -0.2) is 59.2 Å². The molecule has 0 radical (unpaired) electrons. The van der Waals surface area contributed by atoms with E-state index in [1.54, 1.807) is 43.5 Å². The highest BCUT2D eigenvalue weighted by Gasteiger charge is 2.26. The maximum absolute atomic E-state index is 13.5. The molecule has 2 amide bonds. The number of hydrogen-bond acceptors (Lipinski definition) is 5. The molecular weight excluding hydrogens is 528 g/mol. The minimum absolute atomic E-state index is 0.117. The predicted octanol–water partition coefficient (Wildman–Crippen LogP) is 5.77. The van der Waals surface area contributed by atoms with Crippen LogP contribution < -0.4 is 10.1 Å². The van der Waals surface area contributed by atoms with Crippen molar-refractivity contribution < 1.29 is 19.1 Å². The second kappa shape index (κ2) is 12.4. The molecule has 8 nitrogen and oxygen atoms in total. The number of aromatic nitrogens is 2. The lowest BCUT2D eigenvalue weighted by molar-refractivity contribution is -0.117. The van der Waals surface area contributed by atoms with Crippen molar-refractivity contribution in [1.82, 2.24) is 14.5 Å². The van der Waals surface area contributed by atoms with Crippen molar-refractivity contribution in [2.75, 3.05) is 32.1 Å². The largest absolute Gasteiger partial charge is 0.497 e. The first kappa shape index (κ1) is 27.4. The monoisotopic (exact) mass is 558 g/mol. The number of halogens is 1. The molecule has 0 bridgehead atoms. The summed E-state index contributed by atoms with van der Waals surface area (Å²) in [5, 5.41) is 3.56. The van der Waals surface area contributed by atoms with Crippen LogP contribution in [-0.2, 0) is 9.53 Å². The molecule has 0 spiro atoms. The molecule has 1 aliphatic rings. The van der Waals surface area contributed by atoms with Gasteiger partial charge in [0.05, 0.1) is 18.9 Å². The molecule has 9 heteroatoms. The number of amides is 2. The van der Waals surface area contributed by atoms with E-state index < -0.39 is 0 Å². The third kappa shape index (κ3) is 6.52. The van der Waals surface area contributed by atoms with E-state index in [1.807, 2.05) is 54.1 Å². The van der Waals surface area contributed by atoms with Crippen LogP contribution in [0.25, 0.3) is 16.9 Å². The highest BCUT2D eigenvalue weighted by molar-refractivity contribution is 6.30. The minimum Gasteiger partial charge on any atom is -0.497 e. The van der Waals surface area contributed by atoms with Crippen LogP contribution in [0.1, 0.15) is 28.8 Å². The zero-order chi connectivity index (χ0) is 28.1. The molecule has 1 fully saturated rings. The Balaban J connectivity index is 1.41. The number of rotatable bonds is 9. The fourth-order valence-corrected chi connectivity index (χ4v) is 4.79. The van der Waals surface area contributed by atoms with Gasteiger partial charge < -0.3 is 14.4 Å². The standard InChI is InChI=1S/C31H31ClN4O4/c1-21-8-14-25(15-9-21)36-19-28(22-10-12-24(32)13-11-22)33-31(36)34-29(37)20-35(18-27-7-4-16-40-27)30(38)23-5-3-6-26(17-23)39-2/h3,5-6,8-15,17,19,27H,4,7,16,18,20H2,1-2H3,(H,33,34,37)/t27-/m0/s1. The van der Waals surface area contributed by atoms with Crippen LogP contribution in [0.2, 0.25) is 5.02 Å². The summed E-state index contributed by atoms with van der Waals surface area (Å²) < 4.78 is 12.9. The molecule has 5 rings (SSSR count). The summed E-state index contributed by atoms with van der Waals surface area (Å²) in [5.74, 6) is 0.288. The van der Waals surface area contributed by atoms with Crippen LogP contribution in [0.15, 0.2) is 79.0 Å². The van der Waals surface area contributed by atoms with Crippen LogP contribution in [0.5, 0.6) is 5.75 Å². The number of nitrogens with one attached hydrogen (secondary N) is 1. The van der Waals surface area contributed by atoms with Gasteiger partial charge in [-0.1, -0.05) is 47.5 Å². The number of aryl methyl sites for hydroxylation is 1. The van der Waals surface area contributed by atoms with E-state index in [9.17, 15) is 9.59 Å². The molecule has 0 aliphatic carbocycles. The van der Waals surface area contributed by atoms with Gasteiger partial charge in [0.1, 0.15) is 12.3 Å². The lowest BCUT2D eigenvalue weighted by atomic mass is 10.1. The zero-order valence-electron chi connectivity index (χ0n) is 22.5. The molecule has 1 saturated heterocycles. The number of ether oxygens (including phenoxy) is 2. The average Bonchev–Trinajstić information content (AvgIpc) is 3.63. The van der Waals surface area contributed by atoms with Gasteiger partial charge in [0.25, 0.3) is 5.91 Å². The van der Waals surface area contributed by atoms with Gasteiger partial charge in [-0.25, -0.2) is 4.98 Å². The fourth-order valence-electron chi connectivity index (χ4n) is 4.66. The maximum Gasteiger partial charge on any atom is 0.254 e. The van der Waals surface area contributed by atoms with Crippen LogP contribution >= 0.6 is 11.6 Å². The van der Waals surface area contributed by atoms with E-state index in [1.165, 1.54) is 4.90 Å². The lowest BCUT2D eigenvalue weighted by Gasteiger charge is -2.25. The Morgan fingerprint density at radius 3 is 2.60 bits per heavy atom. The van der Waals surface area contributed by atoms with Gasteiger partial charge in [0.15, 0.2) is 0 Å². The molecule has 2 heterocycles. The third-order valence-corrected chi connectivity index (χ3v) is 7.05. The first-order valence-corrected chi connectivity index (χ1v) is 13.5. The molecule has 1 N–H and O–H groups in total. The Morgan fingerprint density at radius 2 is 1.90 bits per heavy atom. The van der Waals surface area contributed by atoms with E-state index in [2.05, 4.69) is 5.32 Å². The molecule has 1 atom stereocenters. The number of carbonyl (C=O) groups excluding carboxylic acids is 2. The number of imidazole rings is 1. The summed E-state index contributed by atoms with van der Waals surface area (Å²) in [6, 6.07) is 22.2. The fraction of sp³-hybridized carbons (Fsp3) is 0.258. The van der Waals surface area contributed by atoms with Gasteiger partial charge in [-0.3, -0.25) is 19.5 Å². The number of carbonyl (C=O) groups is 2. The second-order valence-electron chi connectivity index (χ2n) is 9.76. The molecule has 4 aromatic rings. The topological polar surface area (TPSA) is 85.7 Å².